The Morgan fingerprint density at radius 2 is 1.28 bits per heavy atom. The lowest BCUT2D eigenvalue weighted by molar-refractivity contribution is -0.126. The molecule has 0 aliphatic rings. The normalized spacial score (nSPS) is 11.0. The van der Waals surface area contributed by atoms with Crippen LogP contribution in [-0.2, 0) is 9.59 Å². The van der Waals surface area contributed by atoms with Gasteiger partial charge in [-0.3, -0.25) is 9.59 Å². The third-order valence-electron chi connectivity index (χ3n) is 1.98. The minimum absolute atomic E-state index is 0.110. The summed E-state index contributed by atoms with van der Waals surface area (Å²) in [4.78, 5) is 22.5. The van der Waals surface area contributed by atoms with E-state index in [1.165, 1.54) is 0 Å². The summed E-state index contributed by atoms with van der Waals surface area (Å²) in [6.45, 7) is 4.05. The number of hydrogen-bond donors (Lipinski definition) is 2. The van der Waals surface area contributed by atoms with Gasteiger partial charge in [-0.05, 0) is 12.8 Å². The van der Waals surface area contributed by atoms with Crippen molar-refractivity contribution in [1.29, 1.82) is 0 Å². The number of hydrogen-bond acceptors (Lipinski definition) is 4. The van der Waals surface area contributed by atoms with E-state index >= 15 is 0 Å². The first-order valence-corrected chi connectivity index (χ1v) is 6.31. The fourth-order valence-corrected chi connectivity index (χ4v) is 0.961. The van der Waals surface area contributed by atoms with Gasteiger partial charge in [-0.25, -0.2) is 10.9 Å². The van der Waals surface area contributed by atoms with E-state index in [9.17, 15) is 9.59 Å². The van der Waals surface area contributed by atoms with Crippen LogP contribution in [-0.4, -0.2) is 24.2 Å². The molecule has 0 aromatic heterocycles. The van der Waals surface area contributed by atoms with Crippen LogP contribution in [0.5, 0.6) is 0 Å². The summed E-state index contributed by atoms with van der Waals surface area (Å²) in [7, 11) is 0. The first-order valence-electron chi connectivity index (χ1n) is 6.31. The first-order chi connectivity index (χ1) is 8.70. The topological polar surface area (TPSA) is 82.9 Å². The fourth-order valence-electron chi connectivity index (χ4n) is 0.961. The second-order valence-corrected chi connectivity index (χ2v) is 3.77. The van der Waals surface area contributed by atoms with Crippen LogP contribution in [0.25, 0.3) is 0 Å². The Kier molecular flexibility index (Phi) is 10.6. The van der Waals surface area contributed by atoms with Crippen molar-refractivity contribution in [2.45, 2.75) is 52.4 Å². The molecular formula is C12H22N4O2. The van der Waals surface area contributed by atoms with Crippen LogP contribution in [0.15, 0.2) is 10.2 Å². The van der Waals surface area contributed by atoms with Gasteiger partial charge >= 0.3 is 0 Å². The van der Waals surface area contributed by atoms with Gasteiger partial charge in [0.1, 0.15) is 0 Å². The van der Waals surface area contributed by atoms with Crippen molar-refractivity contribution in [3.05, 3.63) is 0 Å². The van der Waals surface area contributed by atoms with Crippen LogP contribution in [0.2, 0.25) is 0 Å². The SMILES string of the molecule is CCCC=NNC(=O)CCC(=O)NN=CCCC. The average Bonchev–Trinajstić information content (AvgIpc) is 2.37. The van der Waals surface area contributed by atoms with Crippen LogP contribution >= 0.6 is 0 Å². The van der Waals surface area contributed by atoms with E-state index < -0.39 is 0 Å². The molecule has 0 aromatic carbocycles. The van der Waals surface area contributed by atoms with Crippen LogP contribution in [0, 0.1) is 0 Å². The highest BCUT2D eigenvalue weighted by molar-refractivity contribution is 5.84. The van der Waals surface area contributed by atoms with Crippen molar-refractivity contribution in [3.8, 4) is 0 Å². The molecule has 0 spiro atoms. The monoisotopic (exact) mass is 254 g/mol. The third kappa shape index (κ3) is 10.8. The van der Waals surface area contributed by atoms with E-state index in [0.29, 0.717) is 0 Å². The smallest absolute Gasteiger partial charge is 0.240 e. The molecule has 0 radical (unpaired) electrons. The Morgan fingerprint density at radius 1 is 0.889 bits per heavy atom. The highest BCUT2D eigenvalue weighted by Crippen LogP contribution is 1.89. The number of rotatable bonds is 9. The average molecular weight is 254 g/mol. The van der Waals surface area contributed by atoms with E-state index in [4.69, 9.17) is 0 Å². The van der Waals surface area contributed by atoms with Gasteiger partial charge in [-0.15, -0.1) is 0 Å². The number of nitrogens with zero attached hydrogens (tertiary/aromatic N) is 2. The fraction of sp³-hybridized carbons (Fsp3) is 0.667. The summed E-state index contributed by atoms with van der Waals surface area (Å²) in [5.41, 5.74) is 4.72. The van der Waals surface area contributed by atoms with Gasteiger partial charge in [0.15, 0.2) is 0 Å². The number of amides is 2. The van der Waals surface area contributed by atoms with E-state index in [1.54, 1.807) is 12.4 Å². The highest BCUT2D eigenvalue weighted by atomic mass is 16.2. The Morgan fingerprint density at radius 3 is 1.61 bits per heavy atom. The van der Waals surface area contributed by atoms with Crippen molar-refractivity contribution in [2.75, 3.05) is 0 Å². The molecule has 102 valence electrons. The molecule has 0 bridgehead atoms. The van der Waals surface area contributed by atoms with Gasteiger partial charge in [-0.2, -0.15) is 10.2 Å². The molecule has 6 nitrogen and oxygen atoms in total. The zero-order valence-corrected chi connectivity index (χ0v) is 11.1. The lowest BCUT2D eigenvalue weighted by Crippen LogP contribution is -2.22. The molecule has 6 heteroatoms. The summed E-state index contributed by atoms with van der Waals surface area (Å²) in [5, 5.41) is 7.48. The second-order valence-electron chi connectivity index (χ2n) is 3.77. The lowest BCUT2D eigenvalue weighted by atomic mass is 10.3. The summed E-state index contributed by atoms with van der Waals surface area (Å²) in [5.74, 6) is -0.537. The highest BCUT2D eigenvalue weighted by Gasteiger charge is 2.04. The van der Waals surface area contributed by atoms with E-state index in [2.05, 4.69) is 21.1 Å². The van der Waals surface area contributed by atoms with Gasteiger partial charge in [-0.1, -0.05) is 26.7 Å². The number of carbonyl (C=O) groups is 2. The summed E-state index contributed by atoms with van der Waals surface area (Å²) in [6.07, 6.45) is 7.13. The molecule has 0 rings (SSSR count). The Bertz CT molecular complexity index is 270. The van der Waals surface area contributed by atoms with E-state index in [-0.39, 0.29) is 24.7 Å². The Balaban J connectivity index is 3.62. The van der Waals surface area contributed by atoms with Gasteiger partial charge < -0.3 is 0 Å². The molecule has 0 aromatic rings. The molecule has 0 atom stereocenters. The maximum absolute atomic E-state index is 11.2. The first kappa shape index (κ1) is 16.3. The van der Waals surface area contributed by atoms with E-state index in [1.807, 2.05) is 13.8 Å². The van der Waals surface area contributed by atoms with Gasteiger partial charge in [0.05, 0.1) is 0 Å². The minimum atomic E-state index is -0.268. The standard InChI is InChI=1S/C12H22N4O2/c1-3-5-9-13-15-11(17)7-8-12(18)16-14-10-6-4-2/h9-10H,3-8H2,1-2H3,(H,15,17)(H,16,18). The molecule has 0 unspecified atom stereocenters. The Labute approximate surface area is 108 Å². The summed E-state index contributed by atoms with van der Waals surface area (Å²) >= 11 is 0. The van der Waals surface area contributed by atoms with Crippen molar-refractivity contribution in [3.63, 3.8) is 0 Å². The van der Waals surface area contributed by atoms with Crippen LogP contribution in [0.1, 0.15) is 52.4 Å². The Hall–Kier alpha value is -1.72. The van der Waals surface area contributed by atoms with Crippen molar-refractivity contribution in [2.24, 2.45) is 10.2 Å². The number of hydrazone groups is 2. The molecule has 0 aliphatic carbocycles. The van der Waals surface area contributed by atoms with E-state index in [0.717, 1.165) is 25.7 Å². The largest absolute Gasteiger partial charge is 0.273 e. The zero-order chi connectivity index (χ0) is 13.6. The third-order valence-corrected chi connectivity index (χ3v) is 1.98. The number of unbranched alkanes of at least 4 members (excludes halogenated alkanes) is 2. The number of nitrogens with one attached hydrogen (secondary N) is 2. The second kappa shape index (κ2) is 11.8. The van der Waals surface area contributed by atoms with Crippen LogP contribution in [0.3, 0.4) is 0 Å². The predicted molar refractivity (Wildman–Crippen MR) is 72.3 cm³/mol. The van der Waals surface area contributed by atoms with Gasteiger partial charge in [0.25, 0.3) is 0 Å². The van der Waals surface area contributed by atoms with Crippen molar-refractivity contribution < 1.29 is 9.59 Å². The molecule has 0 saturated carbocycles. The predicted octanol–water partition coefficient (Wildman–Crippen LogP) is 1.57. The lowest BCUT2D eigenvalue weighted by Gasteiger charge is -1.99. The maximum atomic E-state index is 11.2. The van der Waals surface area contributed by atoms with Gasteiger partial charge in [0, 0.05) is 25.3 Å². The molecule has 2 N–H and O–H groups in total. The van der Waals surface area contributed by atoms with Crippen molar-refractivity contribution >= 4 is 24.2 Å². The molecule has 0 fully saturated rings. The maximum Gasteiger partial charge on any atom is 0.240 e. The van der Waals surface area contributed by atoms with Crippen LogP contribution < -0.4 is 10.9 Å². The van der Waals surface area contributed by atoms with Crippen molar-refractivity contribution in [1.82, 2.24) is 10.9 Å². The molecule has 0 saturated heterocycles. The minimum Gasteiger partial charge on any atom is -0.273 e. The quantitative estimate of drug-likeness (QED) is 0.483. The van der Waals surface area contributed by atoms with Crippen LogP contribution in [0.4, 0.5) is 0 Å². The molecular weight excluding hydrogens is 232 g/mol. The molecule has 0 heterocycles. The van der Waals surface area contributed by atoms with Gasteiger partial charge in [0.2, 0.25) is 11.8 Å². The summed E-state index contributed by atoms with van der Waals surface area (Å²) < 4.78 is 0. The zero-order valence-electron chi connectivity index (χ0n) is 11.1. The summed E-state index contributed by atoms with van der Waals surface area (Å²) in [6, 6.07) is 0. The molecule has 2 amide bonds. The molecule has 18 heavy (non-hydrogen) atoms. The molecule has 0 aliphatic heterocycles. The number of carbonyl (C=O) groups excluding carboxylic acids is 2.